The fourth-order valence-corrected chi connectivity index (χ4v) is 4.16. The van der Waals surface area contributed by atoms with Gasteiger partial charge in [-0.3, -0.25) is 9.59 Å². The summed E-state index contributed by atoms with van der Waals surface area (Å²) in [4.78, 5) is 31.7. The summed E-state index contributed by atoms with van der Waals surface area (Å²) in [5, 5.41) is 2.99. The molecule has 1 N–H and O–H groups in total. The van der Waals surface area contributed by atoms with E-state index in [0.29, 0.717) is 6.42 Å². The Labute approximate surface area is 161 Å². The van der Waals surface area contributed by atoms with Crippen LogP contribution in [0.25, 0.3) is 0 Å². The third-order valence-electron chi connectivity index (χ3n) is 6.12. The summed E-state index contributed by atoms with van der Waals surface area (Å²) in [5.41, 5.74) is 2.01. The van der Waals surface area contributed by atoms with Crippen molar-refractivity contribution in [3.63, 3.8) is 0 Å². The molecule has 27 heavy (non-hydrogen) atoms. The van der Waals surface area contributed by atoms with E-state index in [2.05, 4.69) is 34.3 Å². The second-order valence-corrected chi connectivity index (χ2v) is 8.16. The minimum atomic E-state index is -0.156. The summed E-state index contributed by atoms with van der Waals surface area (Å²) < 4.78 is 0. The van der Waals surface area contributed by atoms with Crippen LogP contribution in [0.3, 0.4) is 0 Å². The van der Waals surface area contributed by atoms with Gasteiger partial charge in [-0.05, 0) is 57.0 Å². The van der Waals surface area contributed by atoms with Crippen LogP contribution in [0.15, 0.2) is 24.3 Å². The van der Waals surface area contributed by atoms with E-state index in [-0.39, 0.29) is 23.7 Å². The van der Waals surface area contributed by atoms with Gasteiger partial charge >= 0.3 is 0 Å². The summed E-state index contributed by atoms with van der Waals surface area (Å²) in [6.45, 7) is 5.93. The van der Waals surface area contributed by atoms with Crippen LogP contribution in [0, 0.1) is 11.8 Å². The van der Waals surface area contributed by atoms with E-state index in [9.17, 15) is 9.59 Å². The van der Waals surface area contributed by atoms with Crippen LogP contribution in [-0.2, 0) is 9.59 Å². The van der Waals surface area contributed by atoms with Gasteiger partial charge in [0.05, 0.1) is 11.8 Å². The molecule has 1 aromatic rings. The SMILES string of the molecule is CN1CCN(c2ccc(NC(=O)C3CC3C(=O)N3CCCCC3)cc2)CC1. The Morgan fingerprint density at radius 1 is 0.889 bits per heavy atom. The van der Waals surface area contributed by atoms with Crippen molar-refractivity contribution in [2.24, 2.45) is 11.8 Å². The molecular weight excluding hydrogens is 340 g/mol. The molecule has 0 radical (unpaired) electrons. The van der Waals surface area contributed by atoms with Crippen molar-refractivity contribution in [3.8, 4) is 0 Å². The van der Waals surface area contributed by atoms with E-state index in [1.54, 1.807) is 0 Å². The van der Waals surface area contributed by atoms with Crippen LogP contribution in [0.5, 0.6) is 0 Å². The maximum Gasteiger partial charge on any atom is 0.228 e. The highest BCUT2D eigenvalue weighted by Crippen LogP contribution is 2.41. The molecule has 2 aliphatic heterocycles. The predicted molar refractivity (Wildman–Crippen MR) is 107 cm³/mol. The molecule has 4 rings (SSSR count). The van der Waals surface area contributed by atoms with Crippen LogP contribution in [0.1, 0.15) is 25.7 Å². The van der Waals surface area contributed by atoms with Crippen molar-refractivity contribution in [2.45, 2.75) is 25.7 Å². The summed E-state index contributed by atoms with van der Waals surface area (Å²) >= 11 is 0. The van der Waals surface area contributed by atoms with Crippen molar-refractivity contribution in [3.05, 3.63) is 24.3 Å². The van der Waals surface area contributed by atoms with Gasteiger partial charge < -0.3 is 20.0 Å². The van der Waals surface area contributed by atoms with Crippen molar-refractivity contribution < 1.29 is 9.59 Å². The number of likely N-dealkylation sites (tertiary alicyclic amines) is 1. The molecule has 2 unspecified atom stereocenters. The molecule has 6 heteroatoms. The number of nitrogens with zero attached hydrogens (tertiary/aromatic N) is 3. The Morgan fingerprint density at radius 3 is 2.22 bits per heavy atom. The van der Waals surface area contributed by atoms with Gasteiger partial charge in [-0.25, -0.2) is 0 Å². The quantitative estimate of drug-likeness (QED) is 0.881. The first-order chi connectivity index (χ1) is 13.1. The lowest BCUT2D eigenvalue weighted by Crippen LogP contribution is -2.44. The van der Waals surface area contributed by atoms with Gasteiger partial charge in [-0.2, -0.15) is 0 Å². The molecule has 0 bridgehead atoms. The van der Waals surface area contributed by atoms with Crippen molar-refractivity contribution in [2.75, 3.05) is 56.5 Å². The molecular formula is C21H30N4O2. The molecule has 2 heterocycles. The number of hydrogen-bond acceptors (Lipinski definition) is 4. The Balaban J connectivity index is 1.28. The van der Waals surface area contributed by atoms with Gasteiger partial charge in [0.1, 0.15) is 0 Å². The normalized spacial score (nSPS) is 26.0. The van der Waals surface area contributed by atoms with Gasteiger partial charge in [0, 0.05) is 50.6 Å². The Bertz CT molecular complexity index is 676. The smallest absolute Gasteiger partial charge is 0.228 e. The number of piperidine rings is 1. The van der Waals surface area contributed by atoms with E-state index in [1.807, 2.05) is 17.0 Å². The maximum atomic E-state index is 12.5. The van der Waals surface area contributed by atoms with Crippen LogP contribution in [0.4, 0.5) is 11.4 Å². The molecule has 0 spiro atoms. The first kappa shape index (κ1) is 18.3. The highest BCUT2D eigenvalue weighted by molar-refractivity contribution is 5.99. The monoisotopic (exact) mass is 370 g/mol. The van der Waals surface area contributed by atoms with Crippen molar-refractivity contribution >= 4 is 23.2 Å². The van der Waals surface area contributed by atoms with Gasteiger partial charge in [0.2, 0.25) is 11.8 Å². The van der Waals surface area contributed by atoms with Crippen molar-refractivity contribution in [1.82, 2.24) is 9.80 Å². The molecule has 2 atom stereocenters. The van der Waals surface area contributed by atoms with Gasteiger partial charge in [0.25, 0.3) is 0 Å². The molecule has 1 aromatic carbocycles. The fraction of sp³-hybridized carbons (Fsp3) is 0.619. The Morgan fingerprint density at radius 2 is 1.56 bits per heavy atom. The van der Waals surface area contributed by atoms with Crippen LogP contribution < -0.4 is 10.2 Å². The van der Waals surface area contributed by atoms with Crippen LogP contribution >= 0.6 is 0 Å². The topological polar surface area (TPSA) is 55.9 Å². The number of benzene rings is 1. The second-order valence-electron chi connectivity index (χ2n) is 8.16. The van der Waals surface area contributed by atoms with Crippen LogP contribution in [-0.4, -0.2) is 67.9 Å². The molecule has 1 saturated carbocycles. The molecule has 2 amide bonds. The summed E-state index contributed by atoms with van der Waals surface area (Å²) in [5.74, 6) is -0.0950. The lowest BCUT2D eigenvalue weighted by molar-refractivity contribution is -0.134. The number of hydrogen-bond donors (Lipinski definition) is 1. The number of anilines is 2. The minimum Gasteiger partial charge on any atom is -0.369 e. The minimum absolute atomic E-state index is 0.0160. The average molecular weight is 370 g/mol. The fourth-order valence-electron chi connectivity index (χ4n) is 4.16. The number of likely N-dealkylation sites (N-methyl/N-ethyl adjacent to an activating group) is 1. The predicted octanol–water partition coefficient (Wildman–Crippen LogP) is 2.03. The number of carbonyl (C=O) groups is 2. The summed E-state index contributed by atoms with van der Waals surface area (Å²) in [6.07, 6.45) is 4.09. The number of nitrogens with one attached hydrogen (secondary N) is 1. The van der Waals surface area contributed by atoms with Gasteiger partial charge in [0.15, 0.2) is 0 Å². The highest BCUT2D eigenvalue weighted by Gasteiger charge is 2.49. The standard InChI is InChI=1S/C21H30N4O2/c1-23-11-13-24(14-12-23)17-7-5-16(6-8-17)22-20(26)18-15-19(18)21(27)25-9-3-2-4-10-25/h5-8,18-19H,2-4,9-15H2,1H3,(H,22,26). The number of rotatable bonds is 4. The molecule has 6 nitrogen and oxygen atoms in total. The van der Waals surface area contributed by atoms with Gasteiger partial charge in [-0.15, -0.1) is 0 Å². The Kier molecular flexibility index (Phi) is 5.34. The average Bonchev–Trinajstić information content (AvgIpc) is 3.50. The van der Waals surface area contributed by atoms with E-state index < -0.39 is 0 Å². The first-order valence-corrected chi connectivity index (χ1v) is 10.2. The largest absolute Gasteiger partial charge is 0.369 e. The summed E-state index contributed by atoms with van der Waals surface area (Å²) in [7, 11) is 2.15. The van der Waals surface area contributed by atoms with E-state index in [0.717, 1.165) is 57.8 Å². The molecule has 0 aromatic heterocycles. The molecule has 146 valence electrons. The summed E-state index contributed by atoms with van der Waals surface area (Å²) in [6, 6.07) is 8.08. The lowest BCUT2D eigenvalue weighted by Gasteiger charge is -2.34. The van der Waals surface area contributed by atoms with Crippen molar-refractivity contribution in [1.29, 1.82) is 0 Å². The third-order valence-corrected chi connectivity index (χ3v) is 6.12. The molecule has 3 fully saturated rings. The zero-order valence-corrected chi connectivity index (χ0v) is 16.2. The molecule has 3 aliphatic rings. The van der Waals surface area contributed by atoms with E-state index in [4.69, 9.17) is 0 Å². The molecule has 1 aliphatic carbocycles. The van der Waals surface area contributed by atoms with Crippen LogP contribution in [0.2, 0.25) is 0 Å². The molecule has 2 saturated heterocycles. The lowest BCUT2D eigenvalue weighted by atomic mass is 10.1. The second kappa shape index (κ2) is 7.89. The number of carbonyl (C=O) groups excluding carboxylic acids is 2. The first-order valence-electron chi connectivity index (χ1n) is 10.2. The Hall–Kier alpha value is -2.08. The maximum absolute atomic E-state index is 12.5. The van der Waals surface area contributed by atoms with E-state index in [1.165, 1.54) is 12.1 Å². The zero-order chi connectivity index (χ0) is 18.8. The van der Waals surface area contributed by atoms with E-state index >= 15 is 0 Å². The number of amides is 2. The van der Waals surface area contributed by atoms with Gasteiger partial charge in [-0.1, -0.05) is 0 Å². The number of piperazine rings is 1. The zero-order valence-electron chi connectivity index (χ0n) is 16.2. The third kappa shape index (κ3) is 4.26. The highest BCUT2D eigenvalue weighted by atomic mass is 16.2.